The standard InChI is InChI=1S/C14H22O8/c1-5-18-13-6-11(20-9(3)16)14(21-10(4)17)12(22-13)7-19-8(2)15/h11-14H,5-7H2,1-4H3/t11-,12-,13-,14+/m1/s1/i6D/t6-,11+,12+,13+,14-/m0. The molecule has 0 aromatic rings. The highest BCUT2D eigenvalue weighted by molar-refractivity contribution is 5.67. The minimum absolute atomic E-state index is 0.221. The van der Waals surface area contributed by atoms with E-state index < -0.39 is 48.9 Å². The summed E-state index contributed by atoms with van der Waals surface area (Å²) in [5, 5.41) is 0. The second-order valence-corrected chi connectivity index (χ2v) is 4.64. The number of carbonyl (C=O) groups is 3. The number of ether oxygens (including phenoxy) is 5. The molecule has 0 amide bonds. The van der Waals surface area contributed by atoms with Crippen LogP contribution in [-0.2, 0) is 38.1 Å². The Hall–Kier alpha value is -1.67. The Morgan fingerprint density at radius 1 is 1.14 bits per heavy atom. The Kier molecular flexibility index (Phi) is 6.60. The molecule has 1 aliphatic rings. The van der Waals surface area contributed by atoms with E-state index in [-0.39, 0.29) is 13.2 Å². The second-order valence-electron chi connectivity index (χ2n) is 4.64. The van der Waals surface area contributed by atoms with E-state index in [1.54, 1.807) is 6.92 Å². The molecule has 0 N–H and O–H groups in total. The lowest BCUT2D eigenvalue weighted by atomic mass is 10.0. The van der Waals surface area contributed by atoms with Crippen molar-refractivity contribution < 1.29 is 39.4 Å². The first kappa shape index (κ1) is 16.7. The van der Waals surface area contributed by atoms with Gasteiger partial charge in [0.25, 0.3) is 0 Å². The Morgan fingerprint density at radius 2 is 1.77 bits per heavy atom. The Bertz CT molecular complexity index is 440. The van der Waals surface area contributed by atoms with Gasteiger partial charge in [-0.25, -0.2) is 0 Å². The average Bonchev–Trinajstić information content (AvgIpc) is 2.43. The van der Waals surface area contributed by atoms with Gasteiger partial charge in [-0.15, -0.1) is 0 Å². The van der Waals surface area contributed by atoms with Crippen LogP contribution in [0.3, 0.4) is 0 Å². The zero-order valence-electron chi connectivity index (χ0n) is 14.1. The number of hydrogen-bond donors (Lipinski definition) is 0. The predicted molar refractivity (Wildman–Crippen MR) is 72.6 cm³/mol. The molecule has 0 bridgehead atoms. The fourth-order valence-corrected chi connectivity index (χ4v) is 2.00. The summed E-state index contributed by atoms with van der Waals surface area (Å²) < 4.78 is 34.2. The van der Waals surface area contributed by atoms with Crippen molar-refractivity contribution in [1.29, 1.82) is 0 Å². The van der Waals surface area contributed by atoms with E-state index in [9.17, 15) is 14.4 Å². The van der Waals surface area contributed by atoms with Gasteiger partial charge in [-0.1, -0.05) is 0 Å². The molecule has 1 aliphatic heterocycles. The lowest BCUT2D eigenvalue weighted by molar-refractivity contribution is -0.265. The molecule has 0 spiro atoms. The zero-order valence-corrected chi connectivity index (χ0v) is 13.1. The molecule has 0 unspecified atom stereocenters. The van der Waals surface area contributed by atoms with Crippen LogP contribution in [0.25, 0.3) is 0 Å². The van der Waals surface area contributed by atoms with Gasteiger partial charge in [0, 0.05) is 35.1 Å². The maximum Gasteiger partial charge on any atom is 0.303 e. The van der Waals surface area contributed by atoms with Crippen LogP contribution in [0.2, 0.25) is 0 Å². The second kappa shape index (κ2) is 8.70. The van der Waals surface area contributed by atoms with E-state index in [0.29, 0.717) is 0 Å². The third-order valence-corrected chi connectivity index (χ3v) is 2.73. The summed E-state index contributed by atoms with van der Waals surface area (Å²) in [6.45, 7) is 5.36. The van der Waals surface area contributed by atoms with E-state index in [1.165, 1.54) is 20.8 Å². The fourth-order valence-electron chi connectivity index (χ4n) is 2.00. The van der Waals surface area contributed by atoms with Gasteiger partial charge in [-0.05, 0) is 6.92 Å². The quantitative estimate of drug-likeness (QED) is 0.517. The molecule has 22 heavy (non-hydrogen) atoms. The van der Waals surface area contributed by atoms with E-state index in [4.69, 9.17) is 25.1 Å². The molecule has 0 aliphatic carbocycles. The van der Waals surface area contributed by atoms with Gasteiger partial charge in [0.05, 0.1) is 0 Å². The molecule has 5 atom stereocenters. The van der Waals surface area contributed by atoms with Crippen LogP contribution in [0.1, 0.15) is 35.5 Å². The molecule has 0 saturated carbocycles. The number of carbonyl (C=O) groups excluding carboxylic acids is 3. The summed E-state index contributed by atoms with van der Waals surface area (Å²) in [5.74, 6) is -1.81. The van der Waals surface area contributed by atoms with Crippen molar-refractivity contribution in [2.24, 2.45) is 0 Å². The SMILES string of the molecule is [2H][C@@H]1[C@H](OCC)O[C@H](COC(C)=O)[C@@H](OC(C)=O)[C@@H]1OC(C)=O. The third kappa shape index (κ3) is 5.98. The predicted octanol–water partition coefficient (Wildman–Crippen LogP) is 0.564. The molecule has 8 heteroatoms. The van der Waals surface area contributed by atoms with Gasteiger partial charge >= 0.3 is 17.9 Å². The molecule has 1 heterocycles. The van der Waals surface area contributed by atoms with Crippen molar-refractivity contribution in [2.75, 3.05) is 13.2 Å². The summed E-state index contributed by atoms with van der Waals surface area (Å²) in [4.78, 5) is 33.6. The van der Waals surface area contributed by atoms with Crippen LogP contribution in [0, 0.1) is 0 Å². The van der Waals surface area contributed by atoms with Crippen molar-refractivity contribution in [2.45, 2.75) is 58.7 Å². The van der Waals surface area contributed by atoms with E-state index in [0.717, 1.165) is 0 Å². The minimum atomic E-state index is -1.11. The Balaban J connectivity index is 3.02. The monoisotopic (exact) mass is 319 g/mol. The highest BCUT2D eigenvalue weighted by Crippen LogP contribution is 2.26. The molecule has 1 fully saturated rings. The highest BCUT2D eigenvalue weighted by atomic mass is 16.7. The first-order valence-corrected chi connectivity index (χ1v) is 6.93. The number of hydrogen-bond acceptors (Lipinski definition) is 8. The van der Waals surface area contributed by atoms with Gasteiger partial charge < -0.3 is 23.7 Å². The van der Waals surface area contributed by atoms with Crippen LogP contribution in [-0.4, -0.2) is 55.7 Å². The van der Waals surface area contributed by atoms with E-state index >= 15 is 0 Å². The smallest absolute Gasteiger partial charge is 0.303 e. The molecule has 126 valence electrons. The summed E-state index contributed by atoms with van der Waals surface area (Å²) in [5.41, 5.74) is 0. The molecule has 0 aromatic carbocycles. The van der Waals surface area contributed by atoms with Crippen LogP contribution in [0.15, 0.2) is 0 Å². The first-order chi connectivity index (χ1) is 10.8. The number of rotatable bonds is 6. The largest absolute Gasteiger partial charge is 0.463 e. The van der Waals surface area contributed by atoms with Gasteiger partial charge in [0.2, 0.25) is 0 Å². The van der Waals surface area contributed by atoms with Gasteiger partial charge in [0.1, 0.15) is 18.8 Å². The van der Waals surface area contributed by atoms with Crippen molar-refractivity contribution in [3.8, 4) is 0 Å². The molecular formula is C14H22O8. The van der Waals surface area contributed by atoms with Gasteiger partial charge in [0.15, 0.2) is 12.4 Å². The summed E-state index contributed by atoms with van der Waals surface area (Å²) in [6.07, 6.45) is -5.20. The molecule has 0 radical (unpaired) electrons. The minimum Gasteiger partial charge on any atom is -0.463 e. The molecule has 1 rings (SSSR count). The normalized spacial score (nSPS) is 31.8. The first-order valence-electron chi connectivity index (χ1n) is 7.51. The highest BCUT2D eigenvalue weighted by Gasteiger charge is 2.43. The van der Waals surface area contributed by atoms with Crippen molar-refractivity contribution in [3.63, 3.8) is 0 Å². The molecule has 0 aromatic heterocycles. The van der Waals surface area contributed by atoms with Crippen molar-refractivity contribution >= 4 is 17.9 Å². The Morgan fingerprint density at radius 3 is 2.27 bits per heavy atom. The van der Waals surface area contributed by atoms with Gasteiger partial charge in [-0.2, -0.15) is 0 Å². The summed E-state index contributed by atoms with van der Waals surface area (Å²) >= 11 is 0. The Labute approximate surface area is 130 Å². The average molecular weight is 319 g/mol. The maximum atomic E-state index is 11.3. The topological polar surface area (TPSA) is 97.4 Å². The third-order valence-electron chi connectivity index (χ3n) is 2.73. The fraction of sp³-hybridized carbons (Fsp3) is 0.786. The van der Waals surface area contributed by atoms with Crippen LogP contribution < -0.4 is 0 Å². The maximum absolute atomic E-state index is 11.3. The van der Waals surface area contributed by atoms with Crippen LogP contribution >= 0.6 is 0 Å². The van der Waals surface area contributed by atoms with Crippen LogP contribution in [0.5, 0.6) is 0 Å². The van der Waals surface area contributed by atoms with Crippen molar-refractivity contribution in [1.82, 2.24) is 0 Å². The number of esters is 3. The summed E-state index contributed by atoms with van der Waals surface area (Å²) in [7, 11) is 0. The zero-order chi connectivity index (χ0) is 17.6. The van der Waals surface area contributed by atoms with Crippen LogP contribution in [0.4, 0.5) is 0 Å². The lowest BCUT2D eigenvalue weighted by Gasteiger charge is -2.39. The van der Waals surface area contributed by atoms with Crippen molar-refractivity contribution in [3.05, 3.63) is 0 Å². The molecule has 1 saturated heterocycles. The van der Waals surface area contributed by atoms with E-state index in [1.807, 2.05) is 0 Å². The van der Waals surface area contributed by atoms with Gasteiger partial charge in [-0.3, -0.25) is 14.4 Å². The summed E-state index contributed by atoms with van der Waals surface area (Å²) in [6, 6.07) is 0. The molecular weight excluding hydrogens is 296 g/mol. The lowest BCUT2D eigenvalue weighted by Crippen LogP contribution is -2.54. The van der Waals surface area contributed by atoms with E-state index in [2.05, 4.69) is 0 Å². The molecule has 8 nitrogen and oxygen atoms in total.